The average molecular weight is 424 g/mol. The van der Waals surface area contributed by atoms with E-state index < -0.39 is 0 Å². The van der Waals surface area contributed by atoms with E-state index in [2.05, 4.69) is 25.3 Å². The molecule has 2 aliphatic rings. The summed E-state index contributed by atoms with van der Waals surface area (Å²) in [6, 6.07) is 1.89. The van der Waals surface area contributed by atoms with E-state index in [1.807, 2.05) is 0 Å². The number of aromatic nitrogens is 5. The van der Waals surface area contributed by atoms with Gasteiger partial charge in [-0.15, -0.1) is 0 Å². The Kier molecular flexibility index (Phi) is 5.35. The van der Waals surface area contributed by atoms with Crippen molar-refractivity contribution in [2.75, 3.05) is 50.2 Å². The Morgan fingerprint density at radius 1 is 1.10 bits per heavy atom. The summed E-state index contributed by atoms with van der Waals surface area (Å²) in [6.07, 6.45) is 6.64. The zero-order valence-corrected chi connectivity index (χ0v) is 17.0. The number of hydrogen-bond acceptors (Lipinski definition) is 9. The van der Waals surface area contributed by atoms with Gasteiger partial charge in [0.1, 0.15) is 5.52 Å². The highest BCUT2D eigenvalue weighted by atomic mass is 16.5. The molecule has 11 nitrogen and oxygen atoms in total. The number of nitrogens with two attached hydrogens (primary N) is 1. The van der Waals surface area contributed by atoms with Gasteiger partial charge in [-0.05, 0) is 12.8 Å². The van der Waals surface area contributed by atoms with Gasteiger partial charge >= 0.3 is 0 Å². The minimum atomic E-state index is -0.194. The lowest BCUT2D eigenvalue weighted by atomic mass is 10.1. The number of morpholine rings is 1. The number of carbonyl (C=O) groups is 1. The monoisotopic (exact) mass is 424 g/mol. The molecule has 11 heteroatoms. The van der Waals surface area contributed by atoms with E-state index in [1.54, 1.807) is 29.2 Å². The summed E-state index contributed by atoms with van der Waals surface area (Å²) in [7, 11) is 0. The molecule has 31 heavy (non-hydrogen) atoms. The van der Waals surface area contributed by atoms with E-state index >= 15 is 0 Å². The Bertz CT molecular complexity index is 1070. The van der Waals surface area contributed by atoms with Crippen molar-refractivity contribution in [2.45, 2.75) is 18.9 Å². The third kappa shape index (κ3) is 4.14. The molecule has 0 atom stereocenters. The van der Waals surface area contributed by atoms with Crippen molar-refractivity contribution in [1.29, 1.82) is 0 Å². The maximum atomic E-state index is 12.8. The fourth-order valence-corrected chi connectivity index (χ4v) is 3.81. The zero-order chi connectivity index (χ0) is 21.2. The van der Waals surface area contributed by atoms with Gasteiger partial charge in [0.15, 0.2) is 11.5 Å². The molecule has 162 valence electrons. The molecule has 5 heterocycles. The number of nitrogen functional groups attached to an aromatic ring is 1. The number of nitrogens with zero attached hydrogens (tertiary/aromatic N) is 6. The van der Waals surface area contributed by atoms with Crippen molar-refractivity contribution < 1.29 is 14.3 Å². The second kappa shape index (κ2) is 8.44. The molecule has 1 amide bonds. The normalized spacial score (nSPS) is 17.7. The molecule has 0 saturated carbocycles. The summed E-state index contributed by atoms with van der Waals surface area (Å²) < 4.78 is 12.6. The Hall–Kier alpha value is -3.31. The number of amides is 1. The van der Waals surface area contributed by atoms with Gasteiger partial charge in [-0.25, -0.2) is 19.5 Å². The fraction of sp³-hybridized carbons (Fsp3) is 0.450. The molecule has 3 aromatic rings. The molecule has 3 N–H and O–H groups in total. The van der Waals surface area contributed by atoms with Gasteiger partial charge in [-0.2, -0.15) is 5.10 Å². The van der Waals surface area contributed by atoms with E-state index in [0.717, 1.165) is 24.2 Å². The van der Waals surface area contributed by atoms with Crippen molar-refractivity contribution in [3.63, 3.8) is 0 Å². The summed E-state index contributed by atoms with van der Waals surface area (Å²) in [6.45, 7) is 3.98. The topological polar surface area (TPSA) is 133 Å². The number of carbonyl (C=O) groups excluding carboxylic acids is 1. The van der Waals surface area contributed by atoms with Crippen LogP contribution in [0, 0.1) is 0 Å². The number of fused-ring (bicyclic) bond motifs is 1. The third-order valence-corrected chi connectivity index (χ3v) is 5.50. The van der Waals surface area contributed by atoms with E-state index in [9.17, 15) is 4.79 Å². The van der Waals surface area contributed by atoms with E-state index in [-0.39, 0.29) is 17.9 Å². The van der Waals surface area contributed by atoms with Crippen LogP contribution in [0.5, 0.6) is 0 Å². The van der Waals surface area contributed by atoms with Gasteiger partial charge in [0.25, 0.3) is 5.91 Å². The van der Waals surface area contributed by atoms with Gasteiger partial charge in [0.2, 0.25) is 5.95 Å². The maximum Gasteiger partial charge on any atom is 0.272 e. The SMILES string of the molecule is Nc1ncc(-c2cn3nc(C(=O)NC4CCOCC4)cc3c(N3CCOCC3)n2)cn1. The first kappa shape index (κ1) is 19.6. The van der Waals surface area contributed by atoms with Gasteiger partial charge in [0.05, 0.1) is 25.1 Å². The second-order valence-electron chi connectivity index (χ2n) is 7.60. The van der Waals surface area contributed by atoms with Gasteiger partial charge < -0.3 is 25.4 Å². The molecule has 0 aromatic carbocycles. The highest BCUT2D eigenvalue weighted by Crippen LogP contribution is 2.26. The van der Waals surface area contributed by atoms with Crippen LogP contribution < -0.4 is 16.0 Å². The quantitative estimate of drug-likeness (QED) is 0.615. The van der Waals surface area contributed by atoms with Crippen molar-refractivity contribution in [1.82, 2.24) is 29.9 Å². The van der Waals surface area contributed by atoms with Crippen molar-refractivity contribution in [3.05, 3.63) is 30.4 Å². The molecular weight excluding hydrogens is 400 g/mol. The lowest BCUT2D eigenvalue weighted by Crippen LogP contribution is -2.39. The van der Waals surface area contributed by atoms with E-state index in [0.29, 0.717) is 56.5 Å². The lowest BCUT2D eigenvalue weighted by Gasteiger charge is -2.28. The summed E-state index contributed by atoms with van der Waals surface area (Å²) in [5, 5.41) is 7.61. The molecule has 0 spiro atoms. The second-order valence-corrected chi connectivity index (χ2v) is 7.60. The first-order chi connectivity index (χ1) is 15.2. The Morgan fingerprint density at radius 2 is 1.81 bits per heavy atom. The van der Waals surface area contributed by atoms with Crippen LogP contribution in [0.15, 0.2) is 24.7 Å². The first-order valence-corrected chi connectivity index (χ1v) is 10.4. The van der Waals surface area contributed by atoms with Crippen LogP contribution in [0.3, 0.4) is 0 Å². The lowest BCUT2D eigenvalue weighted by molar-refractivity contribution is 0.0694. The van der Waals surface area contributed by atoms with Gasteiger partial charge in [-0.3, -0.25) is 4.79 Å². The molecule has 0 bridgehead atoms. The zero-order valence-electron chi connectivity index (χ0n) is 17.0. The van der Waals surface area contributed by atoms with Crippen LogP contribution in [-0.2, 0) is 9.47 Å². The molecule has 0 aliphatic carbocycles. The van der Waals surface area contributed by atoms with Gasteiger partial charge in [-0.1, -0.05) is 0 Å². The minimum absolute atomic E-state index is 0.102. The highest BCUT2D eigenvalue weighted by Gasteiger charge is 2.23. The summed E-state index contributed by atoms with van der Waals surface area (Å²) in [4.78, 5) is 28.0. The number of rotatable bonds is 4. The Morgan fingerprint density at radius 3 is 2.55 bits per heavy atom. The molecule has 5 rings (SSSR count). The largest absolute Gasteiger partial charge is 0.381 e. The predicted octanol–water partition coefficient (Wildman–Crippen LogP) is 0.514. The van der Waals surface area contributed by atoms with Crippen LogP contribution in [-0.4, -0.2) is 76.0 Å². The summed E-state index contributed by atoms with van der Waals surface area (Å²) in [5.74, 6) is 0.750. The van der Waals surface area contributed by atoms with Crippen LogP contribution in [0.25, 0.3) is 16.8 Å². The first-order valence-electron chi connectivity index (χ1n) is 10.4. The number of ether oxygens (including phenoxy) is 2. The number of anilines is 2. The Labute approximate surface area is 178 Å². The van der Waals surface area contributed by atoms with Crippen LogP contribution in [0.1, 0.15) is 23.3 Å². The predicted molar refractivity (Wildman–Crippen MR) is 113 cm³/mol. The van der Waals surface area contributed by atoms with Gasteiger partial charge in [0, 0.05) is 56.4 Å². The third-order valence-electron chi connectivity index (χ3n) is 5.50. The molecule has 2 saturated heterocycles. The van der Waals surface area contributed by atoms with E-state index in [1.165, 1.54) is 0 Å². The summed E-state index contributed by atoms with van der Waals surface area (Å²) >= 11 is 0. The number of nitrogens with one attached hydrogen (secondary N) is 1. The van der Waals surface area contributed by atoms with Crippen molar-refractivity contribution in [3.8, 4) is 11.3 Å². The highest BCUT2D eigenvalue weighted by molar-refractivity contribution is 5.94. The van der Waals surface area contributed by atoms with E-state index in [4.69, 9.17) is 20.2 Å². The Balaban J connectivity index is 1.52. The molecule has 2 aliphatic heterocycles. The maximum absolute atomic E-state index is 12.8. The van der Waals surface area contributed by atoms with Crippen LogP contribution in [0.4, 0.5) is 11.8 Å². The standard InChI is InChI=1S/C20H24N8O3/c21-20-22-10-13(11-23-20)16-12-28-17(18(25-16)27-3-7-31-8-4-27)9-15(26-28)19(29)24-14-1-5-30-6-2-14/h9-12,14H,1-8H2,(H,24,29)(H2,21,22,23). The summed E-state index contributed by atoms with van der Waals surface area (Å²) in [5.41, 5.74) is 8.10. The minimum Gasteiger partial charge on any atom is -0.381 e. The van der Waals surface area contributed by atoms with Crippen LogP contribution in [0.2, 0.25) is 0 Å². The smallest absolute Gasteiger partial charge is 0.272 e. The average Bonchev–Trinajstić information content (AvgIpc) is 3.25. The number of hydrogen-bond donors (Lipinski definition) is 2. The van der Waals surface area contributed by atoms with Crippen molar-refractivity contribution in [2.24, 2.45) is 0 Å². The van der Waals surface area contributed by atoms with Crippen molar-refractivity contribution >= 4 is 23.2 Å². The molecule has 3 aromatic heterocycles. The molecule has 2 fully saturated rings. The van der Waals surface area contributed by atoms with Crippen LogP contribution >= 0.6 is 0 Å². The molecular formula is C20H24N8O3. The molecule has 0 unspecified atom stereocenters. The fourth-order valence-electron chi connectivity index (χ4n) is 3.81. The molecule has 0 radical (unpaired) electrons.